The van der Waals surface area contributed by atoms with E-state index in [9.17, 15) is 4.39 Å². The molecule has 1 aromatic heterocycles. The Morgan fingerprint density at radius 3 is 2.65 bits per heavy atom. The van der Waals surface area contributed by atoms with Crippen molar-refractivity contribution in [1.82, 2.24) is 4.98 Å². The van der Waals surface area contributed by atoms with E-state index < -0.39 is 0 Å². The molecule has 1 aromatic carbocycles. The van der Waals surface area contributed by atoms with E-state index in [0.29, 0.717) is 35.0 Å². The van der Waals surface area contributed by atoms with Gasteiger partial charge in [0.1, 0.15) is 11.5 Å². The third-order valence-corrected chi connectivity index (χ3v) is 3.00. The van der Waals surface area contributed by atoms with Crippen LogP contribution < -0.4 is 14.8 Å². The highest BCUT2D eigenvalue weighted by Gasteiger charge is 2.10. The lowest BCUT2D eigenvalue weighted by Crippen LogP contribution is -2.05. The molecule has 0 saturated carbocycles. The molecule has 0 unspecified atom stereocenters. The minimum Gasteiger partial charge on any atom is -0.493 e. The summed E-state index contributed by atoms with van der Waals surface area (Å²) in [6.07, 6.45) is 1.65. The Bertz CT molecular complexity index is 602. The predicted molar refractivity (Wildman–Crippen MR) is 75.8 cm³/mol. The Labute approximate surface area is 117 Å². The van der Waals surface area contributed by atoms with Crippen LogP contribution in [0.15, 0.2) is 30.5 Å². The molecule has 4 nitrogen and oxygen atoms in total. The van der Waals surface area contributed by atoms with Crippen LogP contribution in [0.25, 0.3) is 0 Å². The third-order valence-electron chi connectivity index (χ3n) is 3.00. The van der Waals surface area contributed by atoms with E-state index in [4.69, 9.17) is 9.47 Å². The molecule has 0 aliphatic rings. The van der Waals surface area contributed by atoms with Crippen LogP contribution in [0.2, 0.25) is 0 Å². The lowest BCUT2D eigenvalue weighted by molar-refractivity contribution is 0.350. The number of rotatable bonds is 5. The molecule has 0 saturated heterocycles. The van der Waals surface area contributed by atoms with Crippen LogP contribution in [-0.4, -0.2) is 19.2 Å². The molecule has 0 atom stereocenters. The number of aryl methyl sites for hydroxylation is 1. The number of ether oxygens (including phenoxy) is 2. The number of benzene rings is 1. The monoisotopic (exact) mass is 276 g/mol. The van der Waals surface area contributed by atoms with E-state index in [1.807, 2.05) is 6.07 Å². The first-order valence-electron chi connectivity index (χ1n) is 6.21. The second-order valence-electron chi connectivity index (χ2n) is 4.31. The number of anilines is 1. The molecule has 1 heterocycles. The highest BCUT2D eigenvalue weighted by atomic mass is 19.1. The number of methoxy groups -OCH3 is 2. The van der Waals surface area contributed by atoms with E-state index >= 15 is 0 Å². The summed E-state index contributed by atoms with van der Waals surface area (Å²) in [5.74, 6) is 0.963. The highest BCUT2D eigenvalue weighted by molar-refractivity contribution is 5.48. The Balaban J connectivity index is 2.16. The van der Waals surface area contributed by atoms with Gasteiger partial charge in [-0.25, -0.2) is 4.39 Å². The van der Waals surface area contributed by atoms with Gasteiger partial charge >= 0.3 is 0 Å². The van der Waals surface area contributed by atoms with Crippen molar-refractivity contribution in [2.45, 2.75) is 13.5 Å². The fraction of sp³-hybridized carbons (Fsp3) is 0.267. The summed E-state index contributed by atoms with van der Waals surface area (Å²) in [5, 5.41) is 3.12. The van der Waals surface area contributed by atoms with E-state index in [-0.39, 0.29) is 5.82 Å². The standard InChI is InChI=1S/C15H17FN2O2/c1-10-4-5-11(8-12(10)16)18-9-13-15(20-3)14(19-2)6-7-17-13/h4-8,18H,9H2,1-3H3. The quantitative estimate of drug-likeness (QED) is 0.911. The summed E-state index contributed by atoms with van der Waals surface area (Å²) >= 11 is 0. The number of hydrogen-bond acceptors (Lipinski definition) is 4. The number of halogens is 1. The molecule has 0 fully saturated rings. The van der Waals surface area contributed by atoms with Crippen molar-refractivity contribution in [2.24, 2.45) is 0 Å². The number of aromatic nitrogens is 1. The van der Waals surface area contributed by atoms with Gasteiger partial charge in [-0.3, -0.25) is 4.98 Å². The Hall–Kier alpha value is -2.30. The molecule has 106 valence electrons. The van der Waals surface area contributed by atoms with E-state index in [2.05, 4.69) is 10.3 Å². The zero-order valence-electron chi connectivity index (χ0n) is 11.7. The lowest BCUT2D eigenvalue weighted by Gasteiger charge is -2.13. The van der Waals surface area contributed by atoms with E-state index in [1.54, 1.807) is 39.5 Å². The van der Waals surface area contributed by atoms with Crippen LogP contribution in [0.1, 0.15) is 11.3 Å². The summed E-state index contributed by atoms with van der Waals surface area (Å²) in [4.78, 5) is 4.25. The van der Waals surface area contributed by atoms with Gasteiger partial charge in [0, 0.05) is 18.0 Å². The Morgan fingerprint density at radius 2 is 2.00 bits per heavy atom. The van der Waals surface area contributed by atoms with Gasteiger partial charge in [0.25, 0.3) is 0 Å². The number of nitrogens with one attached hydrogen (secondary N) is 1. The zero-order valence-corrected chi connectivity index (χ0v) is 11.7. The Kier molecular flexibility index (Phi) is 4.40. The van der Waals surface area contributed by atoms with Crippen molar-refractivity contribution < 1.29 is 13.9 Å². The second kappa shape index (κ2) is 6.23. The fourth-order valence-corrected chi connectivity index (χ4v) is 1.87. The third kappa shape index (κ3) is 2.99. The topological polar surface area (TPSA) is 43.4 Å². The van der Waals surface area contributed by atoms with E-state index in [1.165, 1.54) is 6.07 Å². The molecular formula is C15H17FN2O2. The molecular weight excluding hydrogens is 259 g/mol. The van der Waals surface area contributed by atoms with Gasteiger partial charge in [-0.1, -0.05) is 6.07 Å². The van der Waals surface area contributed by atoms with Crippen LogP contribution in [0.5, 0.6) is 11.5 Å². The summed E-state index contributed by atoms with van der Waals surface area (Å²) in [7, 11) is 3.14. The normalized spacial score (nSPS) is 10.2. The fourth-order valence-electron chi connectivity index (χ4n) is 1.87. The lowest BCUT2D eigenvalue weighted by atomic mass is 10.2. The van der Waals surface area contributed by atoms with Crippen molar-refractivity contribution in [3.63, 3.8) is 0 Å². The largest absolute Gasteiger partial charge is 0.493 e. The van der Waals surface area contributed by atoms with Gasteiger partial charge in [-0.05, 0) is 24.6 Å². The molecule has 0 bridgehead atoms. The van der Waals surface area contributed by atoms with Gasteiger partial charge in [0.05, 0.1) is 20.8 Å². The van der Waals surface area contributed by atoms with Crippen molar-refractivity contribution in [1.29, 1.82) is 0 Å². The number of hydrogen-bond donors (Lipinski definition) is 1. The summed E-state index contributed by atoms with van der Waals surface area (Å²) in [6, 6.07) is 6.74. The SMILES string of the molecule is COc1ccnc(CNc2ccc(C)c(F)c2)c1OC. The van der Waals surface area contributed by atoms with Crippen LogP contribution >= 0.6 is 0 Å². The molecule has 20 heavy (non-hydrogen) atoms. The van der Waals surface area contributed by atoms with Crippen molar-refractivity contribution in [2.75, 3.05) is 19.5 Å². The van der Waals surface area contributed by atoms with Crippen molar-refractivity contribution in [3.8, 4) is 11.5 Å². The molecule has 0 spiro atoms. The van der Waals surface area contributed by atoms with Crippen molar-refractivity contribution in [3.05, 3.63) is 47.5 Å². The van der Waals surface area contributed by atoms with Gasteiger partial charge < -0.3 is 14.8 Å². The average molecular weight is 276 g/mol. The summed E-state index contributed by atoms with van der Waals surface area (Å²) in [6.45, 7) is 2.15. The highest BCUT2D eigenvalue weighted by Crippen LogP contribution is 2.29. The van der Waals surface area contributed by atoms with Gasteiger partial charge in [0.2, 0.25) is 0 Å². The van der Waals surface area contributed by atoms with Gasteiger partial charge in [-0.2, -0.15) is 0 Å². The maximum absolute atomic E-state index is 13.5. The number of nitrogens with zero attached hydrogens (tertiary/aromatic N) is 1. The van der Waals surface area contributed by atoms with E-state index in [0.717, 1.165) is 0 Å². The Morgan fingerprint density at radius 1 is 1.20 bits per heavy atom. The minimum absolute atomic E-state index is 0.236. The second-order valence-corrected chi connectivity index (χ2v) is 4.31. The maximum atomic E-state index is 13.5. The molecule has 0 amide bonds. The molecule has 0 aliphatic carbocycles. The minimum atomic E-state index is -0.236. The summed E-state index contributed by atoms with van der Waals surface area (Å²) in [5.41, 5.74) is 2.01. The molecule has 1 N–H and O–H groups in total. The summed E-state index contributed by atoms with van der Waals surface area (Å²) < 4.78 is 24.0. The molecule has 0 radical (unpaired) electrons. The average Bonchev–Trinajstić information content (AvgIpc) is 2.47. The zero-order chi connectivity index (χ0) is 14.5. The predicted octanol–water partition coefficient (Wildman–Crippen LogP) is 3.16. The molecule has 2 rings (SSSR count). The first-order valence-corrected chi connectivity index (χ1v) is 6.21. The molecule has 0 aliphatic heterocycles. The van der Waals surface area contributed by atoms with Crippen LogP contribution in [0.4, 0.5) is 10.1 Å². The molecule has 2 aromatic rings. The first kappa shape index (κ1) is 14.1. The van der Waals surface area contributed by atoms with Gasteiger partial charge in [0.15, 0.2) is 11.5 Å². The van der Waals surface area contributed by atoms with Gasteiger partial charge in [-0.15, -0.1) is 0 Å². The smallest absolute Gasteiger partial charge is 0.184 e. The first-order chi connectivity index (χ1) is 9.65. The maximum Gasteiger partial charge on any atom is 0.184 e. The van der Waals surface area contributed by atoms with Crippen LogP contribution in [-0.2, 0) is 6.54 Å². The van der Waals surface area contributed by atoms with Crippen molar-refractivity contribution >= 4 is 5.69 Å². The van der Waals surface area contributed by atoms with Crippen LogP contribution in [0.3, 0.4) is 0 Å². The number of pyridine rings is 1. The molecule has 5 heteroatoms. The van der Waals surface area contributed by atoms with Crippen LogP contribution in [0, 0.1) is 12.7 Å².